The third kappa shape index (κ3) is 3.32. The summed E-state index contributed by atoms with van der Waals surface area (Å²) in [6.45, 7) is 0. The van der Waals surface area contributed by atoms with Crippen LogP contribution in [0.1, 0.15) is 0 Å². The van der Waals surface area contributed by atoms with Gasteiger partial charge in [-0.1, -0.05) is 12.1 Å². The van der Waals surface area contributed by atoms with E-state index in [1.165, 1.54) is 6.33 Å². The Morgan fingerprint density at radius 2 is 1.59 bits per heavy atom. The van der Waals surface area contributed by atoms with Gasteiger partial charge in [-0.05, 0) is 36.4 Å². The van der Waals surface area contributed by atoms with Crippen LogP contribution in [0.4, 0.5) is 17.2 Å². The van der Waals surface area contributed by atoms with Gasteiger partial charge in [0.05, 0.1) is 11.8 Å². The molecule has 7 heteroatoms. The van der Waals surface area contributed by atoms with Crippen LogP contribution in [0.15, 0.2) is 54.9 Å². The molecule has 0 saturated carbocycles. The van der Waals surface area contributed by atoms with Gasteiger partial charge >= 0.3 is 0 Å². The molecule has 1 aromatic heterocycles. The van der Waals surface area contributed by atoms with Crippen molar-refractivity contribution in [1.29, 1.82) is 0 Å². The van der Waals surface area contributed by atoms with E-state index in [9.17, 15) is 8.42 Å². The van der Waals surface area contributed by atoms with E-state index in [1.807, 2.05) is 24.3 Å². The van der Waals surface area contributed by atoms with E-state index in [4.69, 9.17) is 0 Å². The number of nitrogens with zero attached hydrogens (tertiary/aromatic N) is 2. The Labute approximate surface area is 128 Å². The molecule has 0 saturated heterocycles. The summed E-state index contributed by atoms with van der Waals surface area (Å²) in [4.78, 5) is 8.46. The maximum atomic E-state index is 11.2. The summed E-state index contributed by atoms with van der Waals surface area (Å²) in [5, 5.41) is 4.13. The van der Waals surface area contributed by atoms with Gasteiger partial charge in [0.25, 0.3) is 0 Å². The molecule has 0 aliphatic heterocycles. The van der Waals surface area contributed by atoms with Crippen molar-refractivity contribution in [3.05, 3.63) is 54.9 Å². The maximum absolute atomic E-state index is 11.2. The number of para-hydroxylation sites is 1. The van der Waals surface area contributed by atoms with Crippen LogP contribution < -0.4 is 10.0 Å². The van der Waals surface area contributed by atoms with Gasteiger partial charge in [0, 0.05) is 16.8 Å². The largest absolute Gasteiger partial charge is 0.340 e. The van der Waals surface area contributed by atoms with E-state index in [0.717, 1.165) is 22.8 Å². The van der Waals surface area contributed by atoms with E-state index in [2.05, 4.69) is 20.0 Å². The number of rotatable bonds is 4. The van der Waals surface area contributed by atoms with Crippen LogP contribution in [0.3, 0.4) is 0 Å². The van der Waals surface area contributed by atoms with Crippen molar-refractivity contribution in [2.75, 3.05) is 16.3 Å². The standard InChI is InChI=1S/C15H14N4O2S/c1-22(20,21)19-12-8-6-11(7-9-12)18-15-13-4-2-3-5-14(13)16-10-17-15/h2-10,19H,1H3,(H,16,17,18). The monoisotopic (exact) mass is 314 g/mol. The summed E-state index contributed by atoms with van der Waals surface area (Å²) < 4.78 is 24.8. The fourth-order valence-electron chi connectivity index (χ4n) is 2.08. The van der Waals surface area contributed by atoms with Crippen molar-refractivity contribution in [2.45, 2.75) is 0 Å². The molecule has 2 N–H and O–H groups in total. The lowest BCUT2D eigenvalue weighted by atomic mass is 10.2. The second-order valence-corrected chi connectivity index (χ2v) is 6.56. The zero-order valence-electron chi connectivity index (χ0n) is 11.8. The van der Waals surface area contributed by atoms with E-state index < -0.39 is 10.0 Å². The number of hydrogen-bond donors (Lipinski definition) is 2. The number of fused-ring (bicyclic) bond motifs is 1. The highest BCUT2D eigenvalue weighted by Crippen LogP contribution is 2.23. The first-order valence-electron chi connectivity index (χ1n) is 6.56. The number of nitrogens with one attached hydrogen (secondary N) is 2. The molecular formula is C15H14N4O2S. The molecule has 22 heavy (non-hydrogen) atoms. The molecule has 1 heterocycles. The van der Waals surface area contributed by atoms with Crippen LogP contribution in [0, 0.1) is 0 Å². The molecule has 2 aromatic carbocycles. The Morgan fingerprint density at radius 3 is 2.32 bits per heavy atom. The van der Waals surface area contributed by atoms with Crippen LogP contribution in [0.2, 0.25) is 0 Å². The highest BCUT2D eigenvalue weighted by Gasteiger charge is 2.04. The maximum Gasteiger partial charge on any atom is 0.229 e. The quantitative estimate of drug-likeness (QED) is 0.773. The normalized spacial score (nSPS) is 11.3. The van der Waals surface area contributed by atoms with Gasteiger partial charge in [-0.3, -0.25) is 4.72 Å². The summed E-state index contributed by atoms with van der Waals surface area (Å²) in [5.41, 5.74) is 2.18. The average Bonchev–Trinajstić information content (AvgIpc) is 2.48. The van der Waals surface area contributed by atoms with Crippen LogP contribution in [-0.4, -0.2) is 24.6 Å². The van der Waals surface area contributed by atoms with Gasteiger partial charge in [0.1, 0.15) is 12.1 Å². The van der Waals surface area contributed by atoms with Gasteiger partial charge in [-0.15, -0.1) is 0 Å². The van der Waals surface area contributed by atoms with Crippen molar-refractivity contribution in [3.8, 4) is 0 Å². The molecule has 112 valence electrons. The Bertz CT molecular complexity index is 903. The van der Waals surface area contributed by atoms with Crippen molar-refractivity contribution in [1.82, 2.24) is 9.97 Å². The number of benzene rings is 2. The van der Waals surface area contributed by atoms with Crippen molar-refractivity contribution in [2.24, 2.45) is 0 Å². The van der Waals surface area contributed by atoms with Gasteiger partial charge in [-0.25, -0.2) is 18.4 Å². The lowest BCUT2D eigenvalue weighted by Crippen LogP contribution is -2.09. The predicted molar refractivity (Wildman–Crippen MR) is 87.7 cm³/mol. The summed E-state index contributed by atoms with van der Waals surface area (Å²) in [6, 6.07) is 14.6. The first-order valence-corrected chi connectivity index (χ1v) is 8.45. The SMILES string of the molecule is CS(=O)(=O)Nc1ccc(Nc2ncnc3ccccc23)cc1. The Morgan fingerprint density at radius 1 is 0.909 bits per heavy atom. The molecule has 0 unspecified atom stereocenters. The van der Waals surface area contributed by atoms with Gasteiger partial charge < -0.3 is 5.32 Å². The molecule has 3 rings (SSSR count). The highest BCUT2D eigenvalue weighted by molar-refractivity contribution is 7.92. The average molecular weight is 314 g/mol. The Hall–Kier alpha value is -2.67. The third-order valence-corrected chi connectivity index (χ3v) is 3.60. The van der Waals surface area contributed by atoms with Crippen molar-refractivity contribution in [3.63, 3.8) is 0 Å². The minimum Gasteiger partial charge on any atom is -0.340 e. The Kier molecular flexibility index (Phi) is 3.64. The molecule has 0 fully saturated rings. The van der Waals surface area contributed by atoms with Crippen LogP contribution in [0.5, 0.6) is 0 Å². The molecule has 0 radical (unpaired) electrons. The minimum atomic E-state index is -3.27. The second kappa shape index (κ2) is 5.61. The molecule has 0 amide bonds. The van der Waals surface area contributed by atoms with E-state index in [-0.39, 0.29) is 0 Å². The predicted octanol–water partition coefficient (Wildman–Crippen LogP) is 2.74. The van der Waals surface area contributed by atoms with E-state index >= 15 is 0 Å². The first kappa shape index (κ1) is 14.3. The molecule has 0 atom stereocenters. The summed E-state index contributed by atoms with van der Waals surface area (Å²) >= 11 is 0. The summed E-state index contributed by atoms with van der Waals surface area (Å²) in [7, 11) is -3.27. The fraction of sp³-hybridized carbons (Fsp3) is 0.0667. The summed E-state index contributed by atoms with van der Waals surface area (Å²) in [5.74, 6) is 0.703. The number of sulfonamides is 1. The van der Waals surface area contributed by atoms with Crippen LogP contribution in [0.25, 0.3) is 10.9 Å². The fourth-order valence-corrected chi connectivity index (χ4v) is 2.64. The smallest absolute Gasteiger partial charge is 0.229 e. The highest BCUT2D eigenvalue weighted by atomic mass is 32.2. The zero-order valence-corrected chi connectivity index (χ0v) is 12.6. The number of hydrogen-bond acceptors (Lipinski definition) is 5. The molecule has 0 aliphatic carbocycles. The van der Waals surface area contributed by atoms with Crippen molar-refractivity contribution >= 4 is 38.1 Å². The minimum absolute atomic E-state index is 0.514. The topological polar surface area (TPSA) is 84.0 Å². The molecule has 0 aliphatic rings. The zero-order chi connectivity index (χ0) is 15.6. The number of anilines is 3. The van der Waals surface area contributed by atoms with Gasteiger partial charge in [0.15, 0.2) is 0 Å². The van der Waals surface area contributed by atoms with Crippen molar-refractivity contribution < 1.29 is 8.42 Å². The molecule has 0 bridgehead atoms. The first-order chi connectivity index (χ1) is 10.5. The van der Waals surface area contributed by atoms with E-state index in [0.29, 0.717) is 11.5 Å². The molecule has 6 nitrogen and oxygen atoms in total. The number of aromatic nitrogens is 2. The molecule has 3 aromatic rings. The molecule has 0 spiro atoms. The van der Waals surface area contributed by atoms with E-state index in [1.54, 1.807) is 24.3 Å². The lowest BCUT2D eigenvalue weighted by Gasteiger charge is -2.09. The third-order valence-electron chi connectivity index (χ3n) is 2.99. The van der Waals surface area contributed by atoms with Crippen LogP contribution >= 0.6 is 0 Å². The van der Waals surface area contributed by atoms with Crippen LogP contribution in [-0.2, 0) is 10.0 Å². The molecular weight excluding hydrogens is 300 g/mol. The Balaban J connectivity index is 1.86. The summed E-state index contributed by atoms with van der Waals surface area (Å²) in [6.07, 6.45) is 2.62. The lowest BCUT2D eigenvalue weighted by molar-refractivity contribution is 0.607. The van der Waals surface area contributed by atoms with Gasteiger partial charge in [-0.2, -0.15) is 0 Å². The van der Waals surface area contributed by atoms with Gasteiger partial charge in [0.2, 0.25) is 10.0 Å². The second-order valence-electron chi connectivity index (χ2n) is 4.82.